The summed E-state index contributed by atoms with van der Waals surface area (Å²) in [7, 11) is 0. The van der Waals surface area contributed by atoms with E-state index in [9.17, 15) is 0 Å². The number of nitrogens with one attached hydrogen (secondary N) is 1. The minimum Gasteiger partial charge on any atom is -0.397 e. The van der Waals surface area contributed by atoms with Crippen molar-refractivity contribution in [1.82, 2.24) is 0 Å². The third-order valence-corrected chi connectivity index (χ3v) is 1.23. The van der Waals surface area contributed by atoms with Crippen LogP contribution in [-0.2, 0) is 0 Å². The van der Waals surface area contributed by atoms with Crippen LogP contribution in [0.5, 0.6) is 0 Å². The van der Waals surface area contributed by atoms with E-state index in [1.165, 1.54) is 0 Å². The molecule has 0 radical (unpaired) electrons. The van der Waals surface area contributed by atoms with Gasteiger partial charge >= 0.3 is 0 Å². The number of benzene rings is 1. The van der Waals surface area contributed by atoms with Gasteiger partial charge in [-0.3, -0.25) is 0 Å². The molecule has 0 atom stereocenters. The number of anilines is 2. The Kier molecular flexibility index (Phi) is 2.12. The Balaban J connectivity index is 2.81. The fourth-order valence-electron chi connectivity index (χ4n) is 0.743. The molecule has 0 fully saturated rings. The molecule has 0 spiro atoms. The number of aliphatic hydroxyl groups excluding tert-OH is 1. The topological polar surface area (TPSA) is 58.3 Å². The van der Waals surface area contributed by atoms with Gasteiger partial charge in [0.15, 0.2) is 0 Å². The van der Waals surface area contributed by atoms with E-state index in [0.717, 1.165) is 5.69 Å². The van der Waals surface area contributed by atoms with Gasteiger partial charge in [-0.05, 0) is 12.1 Å². The summed E-state index contributed by atoms with van der Waals surface area (Å²) in [6, 6.07) is 7.29. The van der Waals surface area contributed by atoms with E-state index >= 15 is 0 Å². The molecular formula is C7H10N2O. The first-order valence-corrected chi connectivity index (χ1v) is 3.04. The molecule has 4 N–H and O–H groups in total. The summed E-state index contributed by atoms with van der Waals surface area (Å²) < 4.78 is 0. The van der Waals surface area contributed by atoms with Crippen LogP contribution in [0.4, 0.5) is 11.4 Å². The Morgan fingerprint density at radius 3 is 2.70 bits per heavy atom. The van der Waals surface area contributed by atoms with Gasteiger partial charge in [0.05, 0.1) is 11.4 Å². The number of rotatable bonds is 2. The van der Waals surface area contributed by atoms with Crippen LogP contribution in [0, 0.1) is 0 Å². The van der Waals surface area contributed by atoms with Crippen LogP contribution in [0.1, 0.15) is 0 Å². The molecule has 0 amide bonds. The van der Waals surface area contributed by atoms with Gasteiger partial charge in [-0.25, -0.2) is 0 Å². The number of para-hydroxylation sites is 2. The van der Waals surface area contributed by atoms with Crippen molar-refractivity contribution in [1.29, 1.82) is 0 Å². The third kappa shape index (κ3) is 1.39. The van der Waals surface area contributed by atoms with Crippen molar-refractivity contribution < 1.29 is 5.11 Å². The first kappa shape index (κ1) is 6.89. The predicted octanol–water partition coefficient (Wildman–Crippen LogP) is 0.630. The smallest absolute Gasteiger partial charge is 0.113 e. The van der Waals surface area contributed by atoms with Crippen molar-refractivity contribution in [2.24, 2.45) is 0 Å². The standard InChI is InChI=1S/C7H10N2O/c8-6-3-1-2-4-7(6)9-5-10/h1-4,9-10H,5,8H2. The molecule has 54 valence electrons. The van der Waals surface area contributed by atoms with E-state index < -0.39 is 0 Å². The van der Waals surface area contributed by atoms with Crippen molar-refractivity contribution in [2.45, 2.75) is 0 Å². The quantitative estimate of drug-likeness (QED) is 0.415. The zero-order valence-electron chi connectivity index (χ0n) is 5.54. The van der Waals surface area contributed by atoms with E-state index in [1.807, 2.05) is 18.2 Å². The maximum atomic E-state index is 8.48. The Morgan fingerprint density at radius 2 is 2.10 bits per heavy atom. The van der Waals surface area contributed by atoms with Crippen molar-refractivity contribution in [3.63, 3.8) is 0 Å². The summed E-state index contributed by atoms with van der Waals surface area (Å²) >= 11 is 0. The second-order valence-electron chi connectivity index (χ2n) is 1.92. The van der Waals surface area contributed by atoms with Crippen LogP contribution in [0.2, 0.25) is 0 Å². The molecular weight excluding hydrogens is 128 g/mol. The second kappa shape index (κ2) is 3.08. The number of nitrogen functional groups attached to an aromatic ring is 1. The Hall–Kier alpha value is -1.22. The van der Waals surface area contributed by atoms with Gasteiger partial charge in [-0.2, -0.15) is 0 Å². The Bertz CT molecular complexity index is 213. The number of nitrogens with two attached hydrogens (primary N) is 1. The molecule has 0 saturated carbocycles. The monoisotopic (exact) mass is 138 g/mol. The summed E-state index contributed by atoms with van der Waals surface area (Å²) in [5, 5.41) is 11.2. The van der Waals surface area contributed by atoms with Crippen LogP contribution in [-0.4, -0.2) is 11.8 Å². The van der Waals surface area contributed by atoms with Crippen LogP contribution in [0.3, 0.4) is 0 Å². The minimum absolute atomic E-state index is 0.0891. The maximum absolute atomic E-state index is 8.48. The van der Waals surface area contributed by atoms with E-state index in [4.69, 9.17) is 10.8 Å². The van der Waals surface area contributed by atoms with Crippen LogP contribution < -0.4 is 11.1 Å². The number of hydrogen-bond donors (Lipinski definition) is 3. The Morgan fingerprint density at radius 1 is 1.40 bits per heavy atom. The first-order chi connectivity index (χ1) is 4.84. The highest BCUT2D eigenvalue weighted by atomic mass is 16.3. The zero-order chi connectivity index (χ0) is 7.40. The van der Waals surface area contributed by atoms with Crippen molar-refractivity contribution in [3.8, 4) is 0 Å². The van der Waals surface area contributed by atoms with Gasteiger partial charge < -0.3 is 16.2 Å². The maximum Gasteiger partial charge on any atom is 0.113 e. The number of aliphatic hydroxyl groups is 1. The minimum atomic E-state index is -0.0891. The lowest BCUT2D eigenvalue weighted by atomic mass is 10.3. The SMILES string of the molecule is Nc1ccccc1NCO. The zero-order valence-corrected chi connectivity index (χ0v) is 5.54. The van der Waals surface area contributed by atoms with E-state index in [-0.39, 0.29) is 6.73 Å². The lowest BCUT2D eigenvalue weighted by molar-refractivity contribution is 0.326. The van der Waals surface area contributed by atoms with Gasteiger partial charge in [0.2, 0.25) is 0 Å². The predicted molar refractivity (Wildman–Crippen MR) is 41.6 cm³/mol. The highest BCUT2D eigenvalue weighted by Gasteiger charge is 1.92. The highest BCUT2D eigenvalue weighted by Crippen LogP contribution is 2.15. The summed E-state index contributed by atoms with van der Waals surface area (Å²) in [6.45, 7) is -0.0891. The Labute approximate surface area is 59.5 Å². The van der Waals surface area contributed by atoms with Crippen molar-refractivity contribution in [3.05, 3.63) is 24.3 Å². The third-order valence-electron chi connectivity index (χ3n) is 1.23. The second-order valence-corrected chi connectivity index (χ2v) is 1.92. The van der Waals surface area contributed by atoms with Gasteiger partial charge in [0.1, 0.15) is 6.73 Å². The van der Waals surface area contributed by atoms with Gasteiger partial charge in [-0.15, -0.1) is 0 Å². The molecule has 0 heterocycles. The summed E-state index contributed by atoms with van der Waals surface area (Å²) in [5.74, 6) is 0. The molecule has 0 aliphatic carbocycles. The molecule has 1 rings (SSSR count). The summed E-state index contributed by atoms with van der Waals surface area (Å²) in [4.78, 5) is 0. The normalized spacial score (nSPS) is 9.30. The van der Waals surface area contributed by atoms with Crippen LogP contribution >= 0.6 is 0 Å². The molecule has 1 aromatic rings. The van der Waals surface area contributed by atoms with E-state index in [2.05, 4.69) is 5.32 Å². The van der Waals surface area contributed by atoms with Gasteiger partial charge in [-0.1, -0.05) is 12.1 Å². The summed E-state index contributed by atoms with van der Waals surface area (Å²) in [5.41, 5.74) is 6.95. The van der Waals surface area contributed by atoms with Crippen LogP contribution in [0.15, 0.2) is 24.3 Å². The average Bonchev–Trinajstić information content (AvgIpc) is 1.94. The molecule has 10 heavy (non-hydrogen) atoms. The molecule has 3 heteroatoms. The highest BCUT2D eigenvalue weighted by molar-refractivity contribution is 5.65. The van der Waals surface area contributed by atoms with Crippen molar-refractivity contribution in [2.75, 3.05) is 17.8 Å². The number of hydrogen-bond acceptors (Lipinski definition) is 3. The van der Waals surface area contributed by atoms with Gasteiger partial charge in [0.25, 0.3) is 0 Å². The van der Waals surface area contributed by atoms with Crippen LogP contribution in [0.25, 0.3) is 0 Å². The van der Waals surface area contributed by atoms with Gasteiger partial charge in [0, 0.05) is 0 Å². The molecule has 0 unspecified atom stereocenters. The molecule has 0 aliphatic heterocycles. The molecule has 0 aliphatic rings. The molecule has 0 aromatic heterocycles. The lowest BCUT2D eigenvalue weighted by Gasteiger charge is -2.04. The largest absolute Gasteiger partial charge is 0.397 e. The fraction of sp³-hybridized carbons (Fsp3) is 0.143. The van der Waals surface area contributed by atoms with Crippen molar-refractivity contribution >= 4 is 11.4 Å². The van der Waals surface area contributed by atoms with E-state index in [0.29, 0.717) is 5.69 Å². The molecule has 1 aromatic carbocycles. The summed E-state index contributed by atoms with van der Waals surface area (Å²) in [6.07, 6.45) is 0. The average molecular weight is 138 g/mol. The molecule has 3 nitrogen and oxygen atoms in total. The molecule has 0 saturated heterocycles. The molecule has 0 bridgehead atoms. The fourth-order valence-corrected chi connectivity index (χ4v) is 0.743. The lowest BCUT2D eigenvalue weighted by Crippen LogP contribution is -2.01. The first-order valence-electron chi connectivity index (χ1n) is 3.04. The van der Waals surface area contributed by atoms with E-state index in [1.54, 1.807) is 6.07 Å².